The summed E-state index contributed by atoms with van der Waals surface area (Å²) < 4.78 is 22.3. The van der Waals surface area contributed by atoms with Gasteiger partial charge >= 0.3 is 11.9 Å². The van der Waals surface area contributed by atoms with Gasteiger partial charge in [-0.3, -0.25) is 14.4 Å². The molecule has 0 atom stereocenters. The summed E-state index contributed by atoms with van der Waals surface area (Å²) in [4.78, 5) is 40.9. The standard InChI is InChI=1S/C39H50N2O7/c1-29-9-11-34(12-10-29)41(38(44)37-8-7-22-46-37)35-13-19-40(20-14-35)21-17-39(15-5-4-6-16-39)18-23-45-36-25-32(27-47-30(2)42)24-33(26-36)28-48-31(3)43/h7-12,22,24-26,35H,4-6,13-21,23,27-28H2,1-3H3. The summed E-state index contributed by atoms with van der Waals surface area (Å²) in [6.07, 6.45) is 11.6. The quantitative estimate of drug-likeness (QED) is 0.163. The molecule has 48 heavy (non-hydrogen) atoms. The van der Waals surface area contributed by atoms with E-state index in [1.807, 2.05) is 35.2 Å². The van der Waals surface area contributed by atoms with Crippen molar-refractivity contribution in [3.8, 4) is 5.75 Å². The number of nitrogens with zero attached hydrogens (tertiary/aromatic N) is 2. The van der Waals surface area contributed by atoms with Crippen molar-refractivity contribution in [1.29, 1.82) is 0 Å². The summed E-state index contributed by atoms with van der Waals surface area (Å²) in [5.41, 5.74) is 3.91. The molecule has 2 aliphatic rings. The normalized spacial score (nSPS) is 16.6. The molecule has 0 unspecified atom stereocenters. The van der Waals surface area contributed by atoms with E-state index in [1.165, 1.54) is 46.0 Å². The maximum atomic E-state index is 13.6. The van der Waals surface area contributed by atoms with Crippen molar-refractivity contribution in [1.82, 2.24) is 4.90 Å². The third-order valence-electron chi connectivity index (χ3n) is 9.87. The average molecular weight is 659 g/mol. The minimum Gasteiger partial charge on any atom is -0.494 e. The van der Waals surface area contributed by atoms with E-state index in [9.17, 15) is 14.4 Å². The van der Waals surface area contributed by atoms with Gasteiger partial charge in [0.05, 0.1) is 12.9 Å². The van der Waals surface area contributed by atoms with Gasteiger partial charge in [0.2, 0.25) is 0 Å². The van der Waals surface area contributed by atoms with Crippen LogP contribution in [-0.2, 0) is 32.3 Å². The number of aryl methyl sites for hydroxylation is 1. The molecule has 2 aromatic carbocycles. The average Bonchev–Trinajstić information content (AvgIpc) is 3.63. The van der Waals surface area contributed by atoms with Crippen LogP contribution in [0.25, 0.3) is 0 Å². The second kappa shape index (κ2) is 16.8. The second-order valence-electron chi connectivity index (χ2n) is 13.5. The van der Waals surface area contributed by atoms with Gasteiger partial charge in [-0.2, -0.15) is 0 Å². The van der Waals surface area contributed by atoms with Crippen LogP contribution in [0, 0.1) is 12.3 Å². The van der Waals surface area contributed by atoms with E-state index in [0.29, 0.717) is 18.1 Å². The van der Waals surface area contributed by atoms with Crippen LogP contribution in [0.15, 0.2) is 65.3 Å². The molecule has 2 heterocycles. The first-order valence-corrected chi connectivity index (χ1v) is 17.4. The van der Waals surface area contributed by atoms with Crippen LogP contribution in [0.3, 0.4) is 0 Å². The minimum atomic E-state index is -0.350. The van der Waals surface area contributed by atoms with Gasteiger partial charge < -0.3 is 28.4 Å². The molecule has 1 aliphatic heterocycles. The largest absolute Gasteiger partial charge is 0.494 e. The van der Waals surface area contributed by atoms with Crippen LogP contribution in [0.5, 0.6) is 5.75 Å². The molecular formula is C39H50N2O7. The minimum absolute atomic E-state index is 0.0844. The predicted molar refractivity (Wildman–Crippen MR) is 184 cm³/mol. The molecular weight excluding hydrogens is 608 g/mol. The van der Waals surface area contributed by atoms with Crippen molar-refractivity contribution >= 4 is 23.5 Å². The van der Waals surface area contributed by atoms with Gasteiger partial charge in [0.15, 0.2) is 5.76 Å². The zero-order valence-corrected chi connectivity index (χ0v) is 28.7. The van der Waals surface area contributed by atoms with E-state index in [0.717, 1.165) is 67.7 Å². The monoisotopic (exact) mass is 658 g/mol. The summed E-state index contributed by atoms with van der Waals surface area (Å²) in [7, 11) is 0. The molecule has 0 N–H and O–H groups in total. The molecule has 2 fully saturated rings. The lowest BCUT2D eigenvalue weighted by Crippen LogP contribution is -2.48. The third kappa shape index (κ3) is 9.95. The fourth-order valence-electron chi connectivity index (χ4n) is 7.18. The molecule has 258 valence electrons. The van der Waals surface area contributed by atoms with Crippen molar-refractivity contribution in [2.24, 2.45) is 5.41 Å². The first-order chi connectivity index (χ1) is 23.2. The highest BCUT2D eigenvalue weighted by Gasteiger charge is 2.34. The molecule has 1 saturated carbocycles. The van der Waals surface area contributed by atoms with Gasteiger partial charge in [-0.1, -0.05) is 37.0 Å². The van der Waals surface area contributed by atoms with E-state index in [4.69, 9.17) is 18.6 Å². The lowest BCUT2D eigenvalue weighted by atomic mass is 9.69. The Balaban J connectivity index is 1.18. The number of hydrogen-bond donors (Lipinski definition) is 0. The molecule has 9 heteroatoms. The number of piperidine rings is 1. The van der Waals surface area contributed by atoms with Gasteiger partial charge in [0.25, 0.3) is 5.91 Å². The molecule has 0 bridgehead atoms. The topological polar surface area (TPSA) is 98.5 Å². The third-order valence-corrected chi connectivity index (χ3v) is 9.87. The van der Waals surface area contributed by atoms with E-state index in [2.05, 4.69) is 24.0 Å². The molecule has 9 nitrogen and oxygen atoms in total. The number of carbonyl (C=O) groups excluding carboxylic acids is 3. The molecule has 1 aromatic heterocycles. The number of hydrogen-bond acceptors (Lipinski definition) is 8. The number of anilines is 1. The van der Waals surface area contributed by atoms with E-state index in [-0.39, 0.29) is 42.5 Å². The molecule has 0 radical (unpaired) electrons. The zero-order chi connectivity index (χ0) is 33.9. The Bertz CT molecular complexity index is 1450. The second-order valence-corrected chi connectivity index (χ2v) is 13.5. The number of rotatable bonds is 14. The maximum absolute atomic E-state index is 13.6. The number of likely N-dealkylation sites (tertiary alicyclic amines) is 1. The molecule has 1 aliphatic carbocycles. The maximum Gasteiger partial charge on any atom is 0.302 e. The van der Waals surface area contributed by atoms with Crippen molar-refractivity contribution < 1.29 is 33.0 Å². The van der Waals surface area contributed by atoms with Gasteiger partial charge in [0.1, 0.15) is 19.0 Å². The lowest BCUT2D eigenvalue weighted by molar-refractivity contribution is -0.142. The number of furan rings is 1. The van der Waals surface area contributed by atoms with Crippen LogP contribution < -0.4 is 9.64 Å². The SMILES string of the molecule is CC(=O)OCc1cc(COC(C)=O)cc(OCCC2(CCN3CCC(N(C(=O)c4ccco4)c4ccc(C)cc4)CC3)CCCCC2)c1. The summed E-state index contributed by atoms with van der Waals surface area (Å²) in [5.74, 6) is 0.279. The highest BCUT2D eigenvalue weighted by molar-refractivity contribution is 6.04. The van der Waals surface area contributed by atoms with Crippen molar-refractivity contribution in [2.45, 2.75) is 97.8 Å². The van der Waals surface area contributed by atoms with Crippen LogP contribution in [-0.4, -0.2) is 55.0 Å². The molecule has 5 rings (SSSR count). The number of benzene rings is 2. The van der Waals surface area contributed by atoms with Crippen LogP contribution in [0.2, 0.25) is 0 Å². The van der Waals surface area contributed by atoms with Gasteiger partial charge in [-0.05, 0) is 111 Å². The van der Waals surface area contributed by atoms with Gasteiger partial charge in [0, 0.05) is 38.7 Å². The predicted octanol–water partition coefficient (Wildman–Crippen LogP) is 7.64. The molecule has 1 saturated heterocycles. The van der Waals surface area contributed by atoms with Crippen LogP contribution >= 0.6 is 0 Å². The molecule has 1 amide bonds. The molecule has 3 aromatic rings. The fourth-order valence-corrected chi connectivity index (χ4v) is 7.18. The Morgan fingerprint density at radius 2 is 1.52 bits per heavy atom. The highest BCUT2D eigenvalue weighted by Crippen LogP contribution is 2.43. The summed E-state index contributed by atoms with van der Waals surface area (Å²) >= 11 is 0. The van der Waals surface area contributed by atoms with Crippen molar-refractivity contribution in [2.75, 3.05) is 31.1 Å². The zero-order valence-electron chi connectivity index (χ0n) is 28.7. The lowest BCUT2D eigenvalue weighted by Gasteiger charge is -2.42. The summed E-state index contributed by atoms with van der Waals surface area (Å²) in [6.45, 7) is 8.63. The first-order valence-electron chi connectivity index (χ1n) is 17.4. The van der Waals surface area contributed by atoms with E-state index >= 15 is 0 Å². The number of ether oxygens (including phenoxy) is 3. The number of amides is 1. The Hall–Kier alpha value is -4.11. The van der Waals surface area contributed by atoms with Crippen molar-refractivity contribution in [3.63, 3.8) is 0 Å². The Labute approximate surface area is 284 Å². The number of esters is 2. The van der Waals surface area contributed by atoms with E-state index in [1.54, 1.807) is 18.4 Å². The van der Waals surface area contributed by atoms with Gasteiger partial charge in [-0.25, -0.2) is 0 Å². The highest BCUT2D eigenvalue weighted by atomic mass is 16.5. The van der Waals surface area contributed by atoms with Crippen molar-refractivity contribution in [3.05, 3.63) is 83.3 Å². The van der Waals surface area contributed by atoms with Gasteiger partial charge in [-0.15, -0.1) is 0 Å². The smallest absolute Gasteiger partial charge is 0.302 e. The summed E-state index contributed by atoms with van der Waals surface area (Å²) in [6, 6.07) is 17.5. The Morgan fingerprint density at radius 3 is 2.10 bits per heavy atom. The summed E-state index contributed by atoms with van der Waals surface area (Å²) in [5, 5.41) is 0. The first kappa shape index (κ1) is 35.2. The van der Waals surface area contributed by atoms with E-state index < -0.39 is 0 Å². The van der Waals surface area contributed by atoms with Crippen LogP contribution in [0.1, 0.15) is 98.9 Å². The molecule has 0 spiro atoms. The number of carbonyl (C=O) groups is 3. The Morgan fingerprint density at radius 1 is 0.875 bits per heavy atom. The van der Waals surface area contributed by atoms with Crippen LogP contribution in [0.4, 0.5) is 5.69 Å². The fraction of sp³-hybridized carbons (Fsp3) is 0.513. The Kier molecular flexibility index (Phi) is 12.3.